The maximum Gasteiger partial charge on any atom is 0.337 e. The van der Waals surface area contributed by atoms with Gasteiger partial charge in [-0.2, -0.15) is 4.98 Å². The number of carbonyl (C=O) groups excluding carboxylic acids is 2. The molecule has 9 nitrogen and oxygen atoms in total. The summed E-state index contributed by atoms with van der Waals surface area (Å²) in [6.45, 7) is 1.22. The minimum atomic E-state index is -0.417. The standard InChI is InChI=1S/C23H24N4O5/c1-30-19-11-7-15(8-12-19)20-25-23(32-26-20)27-13-3-4-17(14-27)21(28)24-18-9-5-16(6-10-18)22(29)31-2/h5-12,17H,3-4,13-14H2,1-2H3,(H,24,28). The van der Waals surface area contributed by atoms with Gasteiger partial charge in [-0.1, -0.05) is 5.16 Å². The molecule has 2 aromatic carbocycles. The number of hydrogen-bond donors (Lipinski definition) is 1. The first-order valence-corrected chi connectivity index (χ1v) is 10.3. The summed E-state index contributed by atoms with van der Waals surface area (Å²) in [6, 6.07) is 14.4. The molecule has 1 N–H and O–H groups in total. The van der Waals surface area contributed by atoms with Gasteiger partial charge < -0.3 is 24.2 Å². The number of aromatic nitrogens is 2. The largest absolute Gasteiger partial charge is 0.497 e. The van der Waals surface area contributed by atoms with E-state index >= 15 is 0 Å². The van der Waals surface area contributed by atoms with Crippen molar-refractivity contribution < 1.29 is 23.6 Å². The fourth-order valence-electron chi connectivity index (χ4n) is 3.62. The van der Waals surface area contributed by atoms with Gasteiger partial charge in [0.1, 0.15) is 5.75 Å². The molecule has 1 aromatic heterocycles. The number of carbonyl (C=O) groups is 2. The highest BCUT2D eigenvalue weighted by Crippen LogP contribution is 2.26. The lowest BCUT2D eigenvalue weighted by Gasteiger charge is -2.30. The van der Waals surface area contributed by atoms with Crippen LogP contribution in [0.3, 0.4) is 0 Å². The number of methoxy groups -OCH3 is 2. The molecule has 0 radical (unpaired) electrons. The Hall–Kier alpha value is -3.88. The number of nitrogens with zero attached hydrogens (tertiary/aromatic N) is 3. The quantitative estimate of drug-likeness (QED) is 0.586. The predicted octanol–water partition coefficient (Wildman–Crippen LogP) is 3.39. The molecule has 0 bridgehead atoms. The van der Waals surface area contributed by atoms with E-state index in [0.717, 1.165) is 30.7 Å². The van der Waals surface area contributed by atoms with Crippen LogP contribution in [0.15, 0.2) is 53.1 Å². The first-order chi connectivity index (χ1) is 15.6. The van der Waals surface area contributed by atoms with Crippen LogP contribution in [-0.2, 0) is 9.53 Å². The molecule has 1 aliphatic rings. The average molecular weight is 436 g/mol. The third kappa shape index (κ3) is 4.72. The number of benzene rings is 2. The van der Waals surface area contributed by atoms with E-state index in [2.05, 4.69) is 20.2 Å². The zero-order chi connectivity index (χ0) is 22.5. The normalized spacial score (nSPS) is 15.8. The van der Waals surface area contributed by atoms with Gasteiger partial charge in [0.15, 0.2) is 0 Å². The molecule has 1 atom stereocenters. The Bertz CT molecular complexity index is 1080. The van der Waals surface area contributed by atoms with Crippen LogP contribution in [0.4, 0.5) is 11.7 Å². The Morgan fingerprint density at radius 2 is 1.84 bits per heavy atom. The fourth-order valence-corrected chi connectivity index (χ4v) is 3.62. The van der Waals surface area contributed by atoms with Crippen molar-refractivity contribution in [1.29, 1.82) is 0 Å². The van der Waals surface area contributed by atoms with Crippen LogP contribution in [0.2, 0.25) is 0 Å². The SMILES string of the molecule is COC(=O)c1ccc(NC(=O)C2CCCN(c3nc(-c4ccc(OC)cc4)no3)C2)cc1. The smallest absolute Gasteiger partial charge is 0.337 e. The molecule has 32 heavy (non-hydrogen) atoms. The average Bonchev–Trinajstić information content (AvgIpc) is 3.34. The third-order valence-corrected chi connectivity index (χ3v) is 5.40. The summed E-state index contributed by atoms with van der Waals surface area (Å²) < 4.78 is 15.3. The van der Waals surface area contributed by atoms with Gasteiger partial charge in [0.25, 0.3) is 0 Å². The second-order valence-corrected chi connectivity index (χ2v) is 7.47. The second-order valence-electron chi connectivity index (χ2n) is 7.47. The Kier molecular flexibility index (Phi) is 6.34. The minimum Gasteiger partial charge on any atom is -0.497 e. The molecular formula is C23H24N4O5. The number of ether oxygens (including phenoxy) is 2. The lowest BCUT2D eigenvalue weighted by atomic mass is 9.97. The van der Waals surface area contributed by atoms with E-state index in [4.69, 9.17) is 9.26 Å². The summed E-state index contributed by atoms with van der Waals surface area (Å²) in [5, 5.41) is 6.99. The van der Waals surface area contributed by atoms with Crippen LogP contribution >= 0.6 is 0 Å². The van der Waals surface area contributed by atoms with Crippen LogP contribution in [0.5, 0.6) is 5.75 Å². The molecule has 3 aromatic rings. The van der Waals surface area contributed by atoms with E-state index in [1.807, 2.05) is 29.2 Å². The summed E-state index contributed by atoms with van der Waals surface area (Å²) in [7, 11) is 2.94. The number of anilines is 2. The Morgan fingerprint density at radius 3 is 2.53 bits per heavy atom. The van der Waals surface area contributed by atoms with Crippen molar-refractivity contribution in [2.75, 3.05) is 37.5 Å². The van der Waals surface area contributed by atoms with Crippen molar-refractivity contribution in [2.45, 2.75) is 12.8 Å². The summed E-state index contributed by atoms with van der Waals surface area (Å²) >= 11 is 0. The monoisotopic (exact) mass is 436 g/mol. The molecule has 1 fully saturated rings. The van der Waals surface area contributed by atoms with Crippen molar-refractivity contribution in [1.82, 2.24) is 10.1 Å². The lowest BCUT2D eigenvalue weighted by Crippen LogP contribution is -2.41. The number of esters is 1. The summed E-state index contributed by atoms with van der Waals surface area (Å²) in [6.07, 6.45) is 1.60. The van der Waals surface area contributed by atoms with E-state index in [0.29, 0.717) is 29.6 Å². The zero-order valence-corrected chi connectivity index (χ0v) is 17.9. The van der Waals surface area contributed by atoms with Crippen molar-refractivity contribution in [3.63, 3.8) is 0 Å². The predicted molar refractivity (Wildman–Crippen MR) is 118 cm³/mol. The van der Waals surface area contributed by atoms with Crippen LogP contribution < -0.4 is 15.0 Å². The Labute approximate surface area is 185 Å². The summed E-state index contributed by atoms with van der Waals surface area (Å²) in [4.78, 5) is 30.8. The number of amides is 1. The zero-order valence-electron chi connectivity index (χ0n) is 17.9. The highest BCUT2D eigenvalue weighted by molar-refractivity contribution is 5.94. The van der Waals surface area contributed by atoms with Gasteiger partial charge in [0.05, 0.1) is 25.7 Å². The first-order valence-electron chi connectivity index (χ1n) is 10.3. The van der Waals surface area contributed by atoms with Gasteiger partial charge >= 0.3 is 12.0 Å². The second kappa shape index (κ2) is 9.51. The van der Waals surface area contributed by atoms with Gasteiger partial charge in [0.2, 0.25) is 11.7 Å². The van der Waals surface area contributed by atoms with Crippen LogP contribution in [0.1, 0.15) is 23.2 Å². The molecule has 0 saturated carbocycles. The fraction of sp³-hybridized carbons (Fsp3) is 0.304. The van der Waals surface area contributed by atoms with E-state index in [9.17, 15) is 9.59 Å². The van der Waals surface area contributed by atoms with Gasteiger partial charge in [-0.05, 0) is 61.4 Å². The van der Waals surface area contributed by atoms with E-state index in [1.165, 1.54) is 7.11 Å². The third-order valence-electron chi connectivity index (χ3n) is 5.40. The van der Waals surface area contributed by atoms with Crippen molar-refractivity contribution in [3.05, 3.63) is 54.1 Å². The molecule has 1 unspecified atom stereocenters. The maximum absolute atomic E-state index is 12.8. The van der Waals surface area contributed by atoms with Crippen molar-refractivity contribution in [3.8, 4) is 17.1 Å². The summed E-state index contributed by atoms with van der Waals surface area (Å²) in [5.74, 6) is 0.511. The van der Waals surface area contributed by atoms with Gasteiger partial charge in [-0.15, -0.1) is 0 Å². The van der Waals surface area contributed by atoms with Crippen LogP contribution in [-0.4, -0.2) is 49.3 Å². The molecule has 166 valence electrons. The van der Waals surface area contributed by atoms with Crippen molar-refractivity contribution >= 4 is 23.6 Å². The topological polar surface area (TPSA) is 107 Å². The van der Waals surface area contributed by atoms with E-state index < -0.39 is 5.97 Å². The lowest BCUT2D eigenvalue weighted by molar-refractivity contribution is -0.120. The van der Waals surface area contributed by atoms with Crippen LogP contribution in [0, 0.1) is 5.92 Å². The number of hydrogen-bond acceptors (Lipinski definition) is 8. The maximum atomic E-state index is 12.8. The highest BCUT2D eigenvalue weighted by Gasteiger charge is 2.29. The highest BCUT2D eigenvalue weighted by atomic mass is 16.5. The molecule has 0 spiro atoms. The number of piperidine rings is 1. The molecule has 2 heterocycles. The minimum absolute atomic E-state index is 0.0876. The Morgan fingerprint density at radius 1 is 1.09 bits per heavy atom. The van der Waals surface area contributed by atoms with Gasteiger partial charge in [-0.3, -0.25) is 4.79 Å². The summed E-state index contributed by atoms with van der Waals surface area (Å²) in [5.41, 5.74) is 1.88. The van der Waals surface area contributed by atoms with Gasteiger partial charge in [-0.25, -0.2) is 4.79 Å². The molecule has 1 aliphatic heterocycles. The molecule has 0 aliphatic carbocycles. The van der Waals surface area contributed by atoms with E-state index in [-0.39, 0.29) is 11.8 Å². The molecule has 9 heteroatoms. The van der Waals surface area contributed by atoms with Crippen molar-refractivity contribution in [2.24, 2.45) is 5.92 Å². The molecule has 4 rings (SSSR count). The Balaban J connectivity index is 1.39. The molecule has 1 saturated heterocycles. The van der Waals surface area contributed by atoms with Gasteiger partial charge in [0, 0.05) is 24.3 Å². The number of rotatable bonds is 6. The molecule has 1 amide bonds. The molecular weight excluding hydrogens is 412 g/mol. The first kappa shape index (κ1) is 21.4. The number of nitrogens with one attached hydrogen (secondary N) is 1. The van der Waals surface area contributed by atoms with Crippen LogP contribution in [0.25, 0.3) is 11.4 Å². The van der Waals surface area contributed by atoms with E-state index in [1.54, 1.807) is 31.4 Å².